The van der Waals surface area contributed by atoms with Crippen molar-refractivity contribution in [1.29, 1.82) is 0 Å². The second kappa shape index (κ2) is 3.67. The van der Waals surface area contributed by atoms with E-state index in [2.05, 4.69) is 11.9 Å². The summed E-state index contributed by atoms with van der Waals surface area (Å²) in [5.74, 6) is 0.429. The molecule has 1 aliphatic rings. The Bertz CT molecular complexity index is 168. The number of allylic oxidation sites excluding steroid dienone is 1. The lowest BCUT2D eigenvalue weighted by atomic mass is 9.92. The average Bonchev–Trinajstić information content (AvgIpc) is 2.05. The fourth-order valence-corrected chi connectivity index (χ4v) is 1.42. The Morgan fingerprint density at radius 1 is 1.64 bits per heavy atom. The number of piperidine rings is 1. The van der Waals surface area contributed by atoms with Crippen LogP contribution in [0.5, 0.6) is 0 Å². The monoisotopic (exact) mass is 153 g/mol. The van der Waals surface area contributed by atoms with E-state index < -0.39 is 0 Å². The van der Waals surface area contributed by atoms with Gasteiger partial charge in [0.25, 0.3) is 0 Å². The molecule has 1 aliphatic heterocycles. The standard InChI is InChI=1S/C9H15NO/c1-7(2)9(11)8-4-3-5-10-6-8/h8,10H,1,3-6H2,2H3/t8-/m0/s1. The molecule has 62 valence electrons. The minimum Gasteiger partial charge on any atom is -0.316 e. The minimum atomic E-state index is 0.196. The van der Waals surface area contributed by atoms with Crippen molar-refractivity contribution in [3.05, 3.63) is 12.2 Å². The van der Waals surface area contributed by atoms with Gasteiger partial charge in [-0.2, -0.15) is 0 Å². The van der Waals surface area contributed by atoms with Crippen molar-refractivity contribution in [2.24, 2.45) is 5.92 Å². The van der Waals surface area contributed by atoms with Gasteiger partial charge in [-0.3, -0.25) is 4.79 Å². The fraction of sp³-hybridized carbons (Fsp3) is 0.667. The SMILES string of the molecule is C=C(C)C(=O)[C@H]1CCCNC1. The Morgan fingerprint density at radius 2 is 2.36 bits per heavy atom. The van der Waals surface area contributed by atoms with Gasteiger partial charge >= 0.3 is 0 Å². The fourth-order valence-electron chi connectivity index (χ4n) is 1.42. The zero-order valence-corrected chi connectivity index (χ0v) is 7.02. The van der Waals surface area contributed by atoms with Gasteiger partial charge in [-0.25, -0.2) is 0 Å². The van der Waals surface area contributed by atoms with Crippen LogP contribution in [0.15, 0.2) is 12.2 Å². The number of nitrogens with one attached hydrogen (secondary N) is 1. The summed E-state index contributed by atoms with van der Waals surface area (Å²) in [6, 6.07) is 0. The van der Waals surface area contributed by atoms with Crippen molar-refractivity contribution in [1.82, 2.24) is 5.32 Å². The number of hydrogen-bond acceptors (Lipinski definition) is 2. The molecule has 0 aromatic heterocycles. The predicted molar refractivity (Wildman–Crippen MR) is 45.4 cm³/mol. The van der Waals surface area contributed by atoms with Gasteiger partial charge in [-0.15, -0.1) is 0 Å². The van der Waals surface area contributed by atoms with E-state index in [0.29, 0.717) is 5.57 Å². The van der Waals surface area contributed by atoms with E-state index in [-0.39, 0.29) is 11.7 Å². The minimum absolute atomic E-state index is 0.196. The van der Waals surface area contributed by atoms with Crippen molar-refractivity contribution in [3.63, 3.8) is 0 Å². The van der Waals surface area contributed by atoms with Crippen LogP contribution in [0.2, 0.25) is 0 Å². The van der Waals surface area contributed by atoms with Gasteiger partial charge in [0.05, 0.1) is 0 Å². The Hall–Kier alpha value is -0.630. The van der Waals surface area contributed by atoms with Crippen LogP contribution in [0, 0.1) is 5.92 Å². The highest BCUT2D eigenvalue weighted by Crippen LogP contribution is 2.13. The molecule has 11 heavy (non-hydrogen) atoms. The lowest BCUT2D eigenvalue weighted by Gasteiger charge is -2.21. The topological polar surface area (TPSA) is 29.1 Å². The summed E-state index contributed by atoms with van der Waals surface area (Å²) < 4.78 is 0. The molecule has 1 heterocycles. The van der Waals surface area contributed by atoms with Crippen molar-refractivity contribution in [2.75, 3.05) is 13.1 Å². The highest BCUT2D eigenvalue weighted by atomic mass is 16.1. The highest BCUT2D eigenvalue weighted by molar-refractivity contribution is 5.96. The molecule has 0 spiro atoms. The lowest BCUT2D eigenvalue weighted by molar-refractivity contribution is -0.119. The summed E-state index contributed by atoms with van der Waals surface area (Å²) >= 11 is 0. The first kappa shape index (κ1) is 8.47. The van der Waals surface area contributed by atoms with E-state index in [4.69, 9.17) is 0 Å². The number of hydrogen-bond donors (Lipinski definition) is 1. The van der Waals surface area contributed by atoms with Crippen LogP contribution < -0.4 is 5.32 Å². The van der Waals surface area contributed by atoms with Crippen LogP contribution in [0.1, 0.15) is 19.8 Å². The van der Waals surface area contributed by atoms with Crippen LogP contribution in [-0.2, 0) is 4.79 Å². The second-order valence-electron chi connectivity index (χ2n) is 3.19. The summed E-state index contributed by atoms with van der Waals surface area (Å²) in [4.78, 5) is 11.4. The predicted octanol–water partition coefficient (Wildman–Crippen LogP) is 1.13. The van der Waals surface area contributed by atoms with E-state index >= 15 is 0 Å². The largest absolute Gasteiger partial charge is 0.316 e. The number of carbonyl (C=O) groups excluding carboxylic acids is 1. The molecule has 2 nitrogen and oxygen atoms in total. The number of ketones is 1. The third-order valence-electron chi connectivity index (χ3n) is 2.09. The molecule has 1 N–H and O–H groups in total. The van der Waals surface area contributed by atoms with Gasteiger partial charge in [-0.05, 0) is 31.9 Å². The maximum absolute atomic E-state index is 11.4. The second-order valence-corrected chi connectivity index (χ2v) is 3.19. The van der Waals surface area contributed by atoms with Gasteiger partial charge in [0.15, 0.2) is 5.78 Å². The molecule has 0 saturated carbocycles. The quantitative estimate of drug-likeness (QED) is 0.602. The van der Waals surface area contributed by atoms with Crippen LogP contribution in [0.4, 0.5) is 0 Å². The molecule has 0 bridgehead atoms. The highest BCUT2D eigenvalue weighted by Gasteiger charge is 2.20. The van der Waals surface area contributed by atoms with Gasteiger partial charge in [-0.1, -0.05) is 6.58 Å². The first-order valence-electron chi connectivity index (χ1n) is 4.12. The summed E-state index contributed by atoms with van der Waals surface area (Å²) in [7, 11) is 0. The summed E-state index contributed by atoms with van der Waals surface area (Å²) in [5.41, 5.74) is 0.693. The number of Topliss-reactive ketones (excluding diaryl/α,β-unsaturated/α-hetero) is 1. The van der Waals surface area contributed by atoms with Crippen molar-refractivity contribution in [3.8, 4) is 0 Å². The van der Waals surface area contributed by atoms with Crippen molar-refractivity contribution in [2.45, 2.75) is 19.8 Å². The molecule has 1 rings (SSSR count). The molecule has 1 atom stereocenters. The molecular formula is C9H15NO. The van der Waals surface area contributed by atoms with Gasteiger partial charge < -0.3 is 5.32 Å². The van der Waals surface area contributed by atoms with Gasteiger partial charge in [0, 0.05) is 12.5 Å². The number of rotatable bonds is 2. The van der Waals surface area contributed by atoms with Crippen molar-refractivity contribution < 1.29 is 4.79 Å². The molecular weight excluding hydrogens is 138 g/mol. The third kappa shape index (κ3) is 2.15. The number of carbonyl (C=O) groups is 1. The van der Waals surface area contributed by atoms with Crippen molar-refractivity contribution >= 4 is 5.78 Å². The van der Waals surface area contributed by atoms with Crippen LogP contribution in [0.25, 0.3) is 0 Å². The maximum Gasteiger partial charge on any atom is 0.162 e. The van der Waals surface area contributed by atoms with E-state index in [1.54, 1.807) is 6.92 Å². The lowest BCUT2D eigenvalue weighted by Crippen LogP contribution is -2.34. The molecule has 1 saturated heterocycles. The summed E-state index contributed by atoms with van der Waals surface area (Å²) in [6.45, 7) is 7.34. The van der Waals surface area contributed by atoms with Gasteiger partial charge in [0.1, 0.15) is 0 Å². The zero-order chi connectivity index (χ0) is 8.27. The smallest absolute Gasteiger partial charge is 0.162 e. The van der Waals surface area contributed by atoms with E-state index in [1.807, 2.05) is 0 Å². The normalized spacial score (nSPS) is 24.6. The molecule has 0 aliphatic carbocycles. The Labute approximate surface area is 67.7 Å². The van der Waals surface area contributed by atoms with E-state index in [1.165, 1.54) is 0 Å². The summed E-state index contributed by atoms with van der Waals surface area (Å²) in [6.07, 6.45) is 2.14. The van der Waals surface area contributed by atoms with E-state index in [9.17, 15) is 4.79 Å². The average molecular weight is 153 g/mol. The molecule has 0 amide bonds. The zero-order valence-electron chi connectivity index (χ0n) is 7.02. The molecule has 0 aromatic rings. The molecule has 0 radical (unpaired) electrons. The molecule has 1 fully saturated rings. The molecule has 0 aromatic carbocycles. The van der Waals surface area contributed by atoms with Gasteiger partial charge in [0.2, 0.25) is 0 Å². The molecule has 2 heteroatoms. The Morgan fingerprint density at radius 3 is 2.82 bits per heavy atom. The van der Waals surface area contributed by atoms with Crippen LogP contribution in [0.3, 0.4) is 0 Å². The first-order chi connectivity index (χ1) is 5.22. The van der Waals surface area contributed by atoms with Crippen LogP contribution >= 0.6 is 0 Å². The maximum atomic E-state index is 11.4. The van der Waals surface area contributed by atoms with E-state index in [0.717, 1.165) is 25.9 Å². The Balaban J connectivity index is 2.45. The first-order valence-corrected chi connectivity index (χ1v) is 4.12. The summed E-state index contributed by atoms with van der Waals surface area (Å²) in [5, 5.41) is 3.21. The third-order valence-corrected chi connectivity index (χ3v) is 2.09. The van der Waals surface area contributed by atoms with Crippen LogP contribution in [-0.4, -0.2) is 18.9 Å². The molecule has 0 unspecified atom stereocenters. The Kier molecular flexibility index (Phi) is 2.83.